The molecule has 1 fully saturated rings. The Morgan fingerprint density at radius 1 is 1.21 bits per heavy atom. The van der Waals surface area contributed by atoms with Crippen molar-refractivity contribution in [2.75, 3.05) is 44.7 Å². The number of nitrogens with one attached hydrogen (secondary N) is 2. The number of halogens is 2. The molecule has 1 saturated heterocycles. The molecule has 0 bridgehead atoms. The molecule has 0 saturated carbocycles. The maximum atomic E-state index is 11.4. The van der Waals surface area contributed by atoms with Crippen molar-refractivity contribution in [2.45, 2.75) is 6.54 Å². The summed E-state index contributed by atoms with van der Waals surface area (Å²) in [6.07, 6.45) is 0. The summed E-state index contributed by atoms with van der Waals surface area (Å²) in [5.74, 6) is 1.25. The highest BCUT2D eigenvalue weighted by Crippen LogP contribution is 2.09. The summed E-state index contributed by atoms with van der Waals surface area (Å²) in [6, 6.07) is 7.66. The summed E-state index contributed by atoms with van der Waals surface area (Å²) < 4.78 is 22.8. The Bertz CT molecular complexity index is 623. The van der Waals surface area contributed by atoms with E-state index in [2.05, 4.69) is 20.5 Å². The van der Waals surface area contributed by atoms with Gasteiger partial charge in [-0.2, -0.15) is 0 Å². The standard InChI is InChI=1S/C15H23ClN4O2S.HI/c1-17-15(19-12-13-2-4-14(16)5-3-13)18-6-7-20-8-10-23(21,22)11-9-20;/h2-5H,6-12H2,1H3,(H2,17,18,19);1H. The average molecular weight is 487 g/mol. The fourth-order valence-electron chi connectivity index (χ4n) is 2.31. The van der Waals surface area contributed by atoms with Gasteiger partial charge in [0.2, 0.25) is 0 Å². The first-order chi connectivity index (χ1) is 11.0. The number of rotatable bonds is 5. The number of nitrogens with zero attached hydrogens (tertiary/aromatic N) is 2. The fourth-order valence-corrected chi connectivity index (χ4v) is 3.72. The molecule has 1 heterocycles. The van der Waals surface area contributed by atoms with Crippen LogP contribution in [0.4, 0.5) is 0 Å². The molecule has 24 heavy (non-hydrogen) atoms. The third-order valence-corrected chi connectivity index (χ3v) is 5.62. The Morgan fingerprint density at radius 2 is 1.83 bits per heavy atom. The van der Waals surface area contributed by atoms with Crippen LogP contribution in [0.3, 0.4) is 0 Å². The highest BCUT2D eigenvalue weighted by atomic mass is 127. The zero-order valence-corrected chi connectivity index (χ0v) is 17.6. The van der Waals surface area contributed by atoms with Gasteiger partial charge in [0, 0.05) is 44.8 Å². The minimum Gasteiger partial charge on any atom is -0.355 e. The molecule has 0 spiro atoms. The first-order valence-corrected chi connectivity index (χ1v) is 9.80. The van der Waals surface area contributed by atoms with Crippen molar-refractivity contribution in [3.63, 3.8) is 0 Å². The lowest BCUT2D eigenvalue weighted by molar-refractivity contribution is 0.299. The minimum absolute atomic E-state index is 0. The van der Waals surface area contributed by atoms with E-state index in [0.29, 0.717) is 19.6 Å². The average Bonchev–Trinajstić information content (AvgIpc) is 2.53. The minimum atomic E-state index is -2.81. The Morgan fingerprint density at radius 3 is 2.42 bits per heavy atom. The summed E-state index contributed by atoms with van der Waals surface area (Å²) >= 11 is 5.86. The Labute approximate surface area is 166 Å². The normalized spacial score (nSPS) is 17.8. The number of benzene rings is 1. The molecule has 0 aromatic heterocycles. The molecule has 136 valence electrons. The number of sulfone groups is 1. The van der Waals surface area contributed by atoms with Gasteiger partial charge >= 0.3 is 0 Å². The molecule has 0 amide bonds. The molecule has 0 aliphatic carbocycles. The summed E-state index contributed by atoms with van der Waals surface area (Å²) in [7, 11) is -1.08. The van der Waals surface area contributed by atoms with Gasteiger partial charge in [-0.3, -0.25) is 9.89 Å². The predicted molar refractivity (Wildman–Crippen MR) is 110 cm³/mol. The zero-order chi connectivity index (χ0) is 16.7. The van der Waals surface area contributed by atoms with Crippen LogP contribution >= 0.6 is 35.6 Å². The third kappa shape index (κ3) is 7.54. The van der Waals surface area contributed by atoms with Crippen molar-refractivity contribution in [3.05, 3.63) is 34.9 Å². The van der Waals surface area contributed by atoms with Crippen LogP contribution < -0.4 is 10.6 Å². The predicted octanol–water partition coefficient (Wildman–Crippen LogP) is 1.35. The van der Waals surface area contributed by atoms with E-state index in [9.17, 15) is 8.42 Å². The Hall–Kier alpha value is -0.580. The van der Waals surface area contributed by atoms with E-state index >= 15 is 0 Å². The van der Waals surface area contributed by atoms with Crippen LogP contribution in [-0.4, -0.2) is 64.0 Å². The van der Waals surface area contributed by atoms with Gasteiger partial charge in [0.05, 0.1) is 11.5 Å². The summed E-state index contributed by atoms with van der Waals surface area (Å²) in [4.78, 5) is 6.33. The summed E-state index contributed by atoms with van der Waals surface area (Å²) in [5, 5.41) is 7.20. The second kappa shape index (κ2) is 10.4. The van der Waals surface area contributed by atoms with Gasteiger partial charge in [-0.1, -0.05) is 23.7 Å². The second-order valence-corrected chi connectivity index (χ2v) is 8.21. The Kier molecular flexibility index (Phi) is 9.32. The fraction of sp³-hybridized carbons (Fsp3) is 0.533. The van der Waals surface area contributed by atoms with E-state index in [1.165, 1.54) is 0 Å². The van der Waals surface area contributed by atoms with Crippen molar-refractivity contribution in [2.24, 2.45) is 4.99 Å². The van der Waals surface area contributed by atoms with Crippen molar-refractivity contribution in [1.82, 2.24) is 15.5 Å². The van der Waals surface area contributed by atoms with Crippen LogP contribution in [0.25, 0.3) is 0 Å². The monoisotopic (exact) mass is 486 g/mol. The quantitative estimate of drug-likeness (QED) is 0.373. The Balaban J connectivity index is 0.00000288. The van der Waals surface area contributed by atoms with Gasteiger partial charge in [0.15, 0.2) is 15.8 Å². The number of aliphatic imine (C=N–C) groups is 1. The van der Waals surface area contributed by atoms with Crippen LogP contribution in [0.15, 0.2) is 29.3 Å². The number of hydrogen-bond acceptors (Lipinski definition) is 4. The van der Waals surface area contributed by atoms with Crippen molar-refractivity contribution in [3.8, 4) is 0 Å². The molecule has 1 aromatic carbocycles. The summed E-state index contributed by atoms with van der Waals surface area (Å²) in [6.45, 7) is 3.41. The third-order valence-electron chi connectivity index (χ3n) is 3.75. The highest BCUT2D eigenvalue weighted by Gasteiger charge is 2.20. The van der Waals surface area contributed by atoms with Crippen LogP contribution in [0.1, 0.15) is 5.56 Å². The first-order valence-electron chi connectivity index (χ1n) is 7.60. The van der Waals surface area contributed by atoms with E-state index in [4.69, 9.17) is 11.6 Å². The van der Waals surface area contributed by atoms with Gasteiger partial charge in [-0.25, -0.2) is 8.42 Å². The molecule has 2 N–H and O–H groups in total. The molecule has 1 aromatic rings. The summed E-state index contributed by atoms with van der Waals surface area (Å²) in [5.41, 5.74) is 1.12. The molecule has 6 nitrogen and oxygen atoms in total. The van der Waals surface area contributed by atoms with E-state index in [-0.39, 0.29) is 35.5 Å². The van der Waals surface area contributed by atoms with E-state index in [1.807, 2.05) is 24.3 Å². The van der Waals surface area contributed by atoms with Crippen LogP contribution in [-0.2, 0) is 16.4 Å². The second-order valence-electron chi connectivity index (χ2n) is 5.47. The molecule has 0 unspecified atom stereocenters. The van der Waals surface area contributed by atoms with Crippen molar-refractivity contribution >= 4 is 51.4 Å². The maximum Gasteiger partial charge on any atom is 0.191 e. The molecule has 0 radical (unpaired) electrons. The van der Waals surface area contributed by atoms with Crippen LogP contribution in [0, 0.1) is 0 Å². The molecule has 1 aliphatic rings. The highest BCUT2D eigenvalue weighted by molar-refractivity contribution is 14.0. The lowest BCUT2D eigenvalue weighted by Crippen LogP contribution is -2.45. The van der Waals surface area contributed by atoms with Crippen LogP contribution in [0.2, 0.25) is 5.02 Å². The van der Waals surface area contributed by atoms with E-state index in [0.717, 1.165) is 29.6 Å². The van der Waals surface area contributed by atoms with Crippen LogP contribution in [0.5, 0.6) is 0 Å². The first kappa shape index (κ1) is 21.5. The van der Waals surface area contributed by atoms with Gasteiger partial charge in [-0.15, -0.1) is 24.0 Å². The van der Waals surface area contributed by atoms with E-state index in [1.54, 1.807) is 7.05 Å². The lowest BCUT2D eigenvalue weighted by atomic mass is 10.2. The SMILES string of the molecule is CN=C(NCCN1CCS(=O)(=O)CC1)NCc1ccc(Cl)cc1.I. The lowest BCUT2D eigenvalue weighted by Gasteiger charge is -2.26. The van der Waals surface area contributed by atoms with E-state index < -0.39 is 9.84 Å². The largest absolute Gasteiger partial charge is 0.355 e. The molecular formula is C15H24ClIN4O2S. The maximum absolute atomic E-state index is 11.4. The molecule has 0 atom stereocenters. The number of hydrogen-bond donors (Lipinski definition) is 2. The van der Waals surface area contributed by atoms with Gasteiger partial charge < -0.3 is 10.6 Å². The van der Waals surface area contributed by atoms with Gasteiger partial charge in [-0.05, 0) is 17.7 Å². The van der Waals surface area contributed by atoms with Gasteiger partial charge in [0.25, 0.3) is 0 Å². The number of guanidine groups is 1. The zero-order valence-electron chi connectivity index (χ0n) is 13.7. The smallest absolute Gasteiger partial charge is 0.191 e. The van der Waals surface area contributed by atoms with Crippen molar-refractivity contribution in [1.29, 1.82) is 0 Å². The molecule has 1 aliphatic heterocycles. The van der Waals surface area contributed by atoms with Crippen molar-refractivity contribution < 1.29 is 8.42 Å². The topological polar surface area (TPSA) is 73.8 Å². The molecule has 9 heteroatoms. The van der Waals surface area contributed by atoms with Gasteiger partial charge in [0.1, 0.15) is 0 Å². The molecule has 2 rings (SSSR count). The molecular weight excluding hydrogens is 463 g/mol.